The molecule has 0 saturated carbocycles. The van der Waals surface area contributed by atoms with Crippen molar-refractivity contribution in [2.24, 2.45) is 0 Å². The Bertz CT molecular complexity index is 1240. The molecule has 4 aromatic carbocycles. The molecular weight excluding hydrogens is 497 g/mol. The molecular formula is C35H40OSSi. The molecule has 4 rings (SSSR count). The van der Waals surface area contributed by atoms with Gasteiger partial charge in [-0.15, -0.1) is 11.8 Å². The molecule has 0 heterocycles. The van der Waals surface area contributed by atoms with Crippen molar-refractivity contribution in [3.8, 4) is 0 Å². The highest BCUT2D eigenvalue weighted by molar-refractivity contribution is 8.00. The van der Waals surface area contributed by atoms with Crippen molar-refractivity contribution in [3.05, 3.63) is 139 Å². The van der Waals surface area contributed by atoms with E-state index < -0.39 is 8.32 Å². The van der Waals surface area contributed by atoms with Crippen LogP contribution in [0.15, 0.2) is 138 Å². The second kappa shape index (κ2) is 12.8. The lowest BCUT2D eigenvalue weighted by molar-refractivity contribution is 0.182. The fourth-order valence-electron chi connectivity index (χ4n) is 5.20. The van der Waals surface area contributed by atoms with E-state index in [0.29, 0.717) is 5.25 Å². The van der Waals surface area contributed by atoms with Gasteiger partial charge in [0.05, 0.1) is 6.10 Å². The highest BCUT2D eigenvalue weighted by Gasteiger charge is 2.51. The van der Waals surface area contributed by atoms with Gasteiger partial charge in [0.15, 0.2) is 0 Å². The summed E-state index contributed by atoms with van der Waals surface area (Å²) in [5, 5.41) is 2.84. The molecule has 0 aliphatic rings. The minimum absolute atomic E-state index is 0.0568. The molecule has 0 saturated heterocycles. The summed E-state index contributed by atoms with van der Waals surface area (Å²) in [6, 6.07) is 43.5. The maximum atomic E-state index is 7.72. The summed E-state index contributed by atoms with van der Waals surface area (Å²) >= 11 is 1.94. The van der Waals surface area contributed by atoms with Crippen LogP contribution in [0.1, 0.15) is 52.7 Å². The van der Waals surface area contributed by atoms with Crippen molar-refractivity contribution < 1.29 is 4.43 Å². The van der Waals surface area contributed by atoms with Gasteiger partial charge < -0.3 is 4.43 Å². The van der Waals surface area contributed by atoms with E-state index >= 15 is 0 Å². The molecule has 0 amide bonds. The number of hydrogen-bond acceptors (Lipinski definition) is 2. The Balaban J connectivity index is 1.85. The molecule has 0 fully saturated rings. The highest BCUT2D eigenvalue weighted by atomic mass is 32.2. The molecule has 2 atom stereocenters. The van der Waals surface area contributed by atoms with Crippen LogP contribution in [-0.2, 0) is 4.43 Å². The van der Waals surface area contributed by atoms with Crippen LogP contribution in [0.3, 0.4) is 0 Å². The van der Waals surface area contributed by atoms with E-state index in [-0.39, 0.29) is 11.1 Å². The van der Waals surface area contributed by atoms with Gasteiger partial charge in [0.25, 0.3) is 8.32 Å². The maximum Gasteiger partial charge on any atom is 0.261 e. The Morgan fingerprint density at radius 2 is 1.18 bits per heavy atom. The third kappa shape index (κ3) is 6.40. The summed E-state index contributed by atoms with van der Waals surface area (Å²) in [5.74, 6) is 0. The molecule has 196 valence electrons. The van der Waals surface area contributed by atoms with Crippen LogP contribution in [0, 0.1) is 0 Å². The molecule has 38 heavy (non-hydrogen) atoms. The van der Waals surface area contributed by atoms with E-state index in [1.54, 1.807) is 0 Å². The first kappa shape index (κ1) is 28.2. The van der Waals surface area contributed by atoms with Crippen LogP contribution in [0.4, 0.5) is 0 Å². The zero-order valence-electron chi connectivity index (χ0n) is 23.3. The second-order valence-electron chi connectivity index (χ2n) is 10.9. The number of thioether (sulfide) groups is 1. The third-order valence-electron chi connectivity index (χ3n) is 7.32. The van der Waals surface area contributed by atoms with E-state index in [0.717, 1.165) is 6.42 Å². The Labute approximate surface area is 235 Å². The van der Waals surface area contributed by atoms with Gasteiger partial charge in [-0.1, -0.05) is 142 Å². The van der Waals surface area contributed by atoms with Crippen LogP contribution < -0.4 is 10.4 Å². The fraction of sp³-hybridized carbons (Fsp3) is 0.257. The predicted molar refractivity (Wildman–Crippen MR) is 168 cm³/mol. The van der Waals surface area contributed by atoms with Gasteiger partial charge in [0.1, 0.15) is 0 Å². The van der Waals surface area contributed by atoms with Gasteiger partial charge in [0.2, 0.25) is 0 Å². The average molecular weight is 537 g/mol. The van der Waals surface area contributed by atoms with Crippen LogP contribution in [0.2, 0.25) is 5.04 Å². The summed E-state index contributed by atoms with van der Waals surface area (Å²) in [7, 11) is -2.73. The topological polar surface area (TPSA) is 9.23 Å². The predicted octanol–water partition coefficient (Wildman–Crippen LogP) is 8.82. The summed E-state index contributed by atoms with van der Waals surface area (Å²) < 4.78 is 7.72. The Morgan fingerprint density at radius 1 is 0.737 bits per heavy atom. The molecule has 0 N–H and O–H groups in total. The first-order valence-electron chi connectivity index (χ1n) is 13.5. The Kier molecular flexibility index (Phi) is 9.48. The summed E-state index contributed by atoms with van der Waals surface area (Å²) in [4.78, 5) is 1.29. The lowest BCUT2D eigenvalue weighted by Crippen LogP contribution is -2.67. The number of allylic oxidation sites excluding steroid dienone is 1. The normalized spacial score (nSPS) is 14.2. The van der Waals surface area contributed by atoms with Crippen LogP contribution in [0.25, 0.3) is 0 Å². The smallest absolute Gasteiger partial charge is 0.261 e. The SMILES string of the molecule is C/C=C(\C)C(CC(O[Si](c1ccccc1)(c1ccccc1)C(C)(C)C)c1ccccc1)Sc1ccccc1. The van der Waals surface area contributed by atoms with E-state index in [2.05, 4.69) is 162 Å². The number of rotatable bonds is 10. The van der Waals surface area contributed by atoms with Crippen molar-refractivity contribution >= 4 is 30.5 Å². The van der Waals surface area contributed by atoms with E-state index in [9.17, 15) is 0 Å². The zero-order chi connectivity index (χ0) is 27.0. The van der Waals surface area contributed by atoms with Crippen molar-refractivity contribution in [1.82, 2.24) is 0 Å². The van der Waals surface area contributed by atoms with Crippen molar-refractivity contribution in [2.75, 3.05) is 0 Å². The molecule has 4 aromatic rings. The maximum absolute atomic E-state index is 7.72. The lowest BCUT2D eigenvalue weighted by atomic mass is 10.0. The molecule has 1 nitrogen and oxygen atoms in total. The molecule has 0 bridgehead atoms. The van der Waals surface area contributed by atoms with Gasteiger partial charge in [-0.25, -0.2) is 0 Å². The lowest BCUT2D eigenvalue weighted by Gasteiger charge is -2.45. The highest BCUT2D eigenvalue weighted by Crippen LogP contribution is 2.43. The number of hydrogen-bond donors (Lipinski definition) is 0. The van der Waals surface area contributed by atoms with Crippen molar-refractivity contribution in [2.45, 2.75) is 62.3 Å². The average Bonchev–Trinajstić information content (AvgIpc) is 2.95. The van der Waals surface area contributed by atoms with Crippen LogP contribution >= 0.6 is 11.8 Å². The van der Waals surface area contributed by atoms with E-state index in [1.807, 2.05) is 11.8 Å². The summed E-state index contributed by atoms with van der Waals surface area (Å²) in [6.07, 6.45) is 3.09. The molecule has 0 aliphatic carbocycles. The van der Waals surface area contributed by atoms with Crippen LogP contribution in [0.5, 0.6) is 0 Å². The van der Waals surface area contributed by atoms with E-state index in [4.69, 9.17) is 4.43 Å². The van der Waals surface area contributed by atoms with Crippen LogP contribution in [-0.4, -0.2) is 13.6 Å². The fourth-order valence-corrected chi connectivity index (χ4v) is 11.1. The molecule has 0 radical (unpaired) electrons. The van der Waals surface area contributed by atoms with Crippen molar-refractivity contribution in [3.63, 3.8) is 0 Å². The Hall–Kier alpha value is -2.85. The second-order valence-corrected chi connectivity index (χ2v) is 16.4. The summed E-state index contributed by atoms with van der Waals surface area (Å²) in [5.41, 5.74) is 2.62. The molecule has 2 unspecified atom stereocenters. The van der Waals surface area contributed by atoms with Gasteiger partial charge in [-0.2, -0.15) is 0 Å². The van der Waals surface area contributed by atoms with Gasteiger partial charge >= 0.3 is 0 Å². The quantitative estimate of drug-likeness (QED) is 0.114. The molecule has 0 aliphatic heterocycles. The Morgan fingerprint density at radius 3 is 1.63 bits per heavy atom. The summed E-state index contributed by atoms with van der Waals surface area (Å²) in [6.45, 7) is 11.5. The largest absolute Gasteiger partial charge is 0.400 e. The van der Waals surface area contributed by atoms with Gasteiger partial charge in [-0.3, -0.25) is 0 Å². The molecule has 0 spiro atoms. The zero-order valence-corrected chi connectivity index (χ0v) is 25.1. The minimum Gasteiger partial charge on any atom is -0.400 e. The standard InChI is InChI=1S/C35H40OSSi/c1-6-28(2)34(37-30-21-13-8-14-22-30)27-33(29-19-11-7-12-20-29)36-38(35(3,4)5,31-23-15-9-16-24-31)32-25-17-10-18-26-32/h6-26,33-34H,27H2,1-5H3/b28-6+. The first-order valence-corrected chi connectivity index (χ1v) is 16.3. The van der Waals surface area contributed by atoms with E-state index in [1.165, 1.54) is 26.4 Å². The third-order valence-corrected chi connectivity index (χ3v) is 13.8. The monoisotopic (exact) mass is 536 g/mol. The number of benzene rings is 4. The first-order chi connectivity index (χ1) is 18.3. The van der Waals surface area contributed by atoms with Gasteiger partial charge in [-0.05, 0) is 53.4 Å². The van der Waals surface area contributed by atoms with Gasteiger partial charge in [0, 0.05) is 10.1 Å². The molecule has 0 aromatic heterocycles. The van der Waals surface area contributed by atoms with Crippen molar-refractivity contribution in [1.29, 1.82) is 0 Å². The molecule has 3 heteroatoms. The minimum atomic E-state index is -2.73.